The number of aromatic nitrogens is 1. The zero-order valence-corrected chi connectivity index (χ0v) is 14.8. The van der Waals surface area contributed by atoms with E-state index in [0.717, 1.165) is 0 Å². The van der Waals surface area contributed by atoms with Crippen molar-refractivity contribution in [1.82, 2.24) is 4.98 Å². The summed E-state index contributed by atoms with van der Waals surface area (Å²) in [4.78, 5) is 31.6. The van der Waals surface area contributed by atoms with Gasteiger partial charge in [-0.1, -0.05) is 18.2 Å². The first-order valence-electron chi connectivity index (χ1n) is 7.61. The molecule has 0 fully saturated rings. The fourth-order valence-corrected chi connectivity index (χ4v) is 4.27. The van der Waals surface area contributed by atoms with Crippen LogP contribution in [0.1, 0.15) is 21.3 Å². The Morgan fingerprint density at radius 1 is 1.12 bits per heavy atom. The number of carbonyl (C=O) groups is 2. The second kappa shape index (κ2) is 6.40. The molecule has 8 heteroatoms. The van der Waals surface area contributed by atoms with Gasteiger partial charge in [0, 0.05) is 11.6 Å². The Hall–Kier alpha value is -2.97. The Kier molecular flexibility index (Phi) is 4.06. The zero-order valence-electron chi connectivity index (χ0n) is 13.2. The highest BCUT2D eigenvalue weighted by molar-refractivity contribution is 7.14. The van der Waals surface area contributed by atoms with Crippen LogP contribution in [0.2, 0.25) is 0 Å². The summed E-state index contributed by atoms with van der Waals surface area (Å²) in [7, 11) is 0. The van der Waals surface area contributed by atoms with E-state index >= 15 is 0 Å². The fraction of sp³-hybridized carbons (Fsp3) is 0.0556. The smallest absolute Gasteiger partial charge is 0.296 e. The second-order valence-corrected chi connectivity index (χ2v) is 7.38. The minimum absolute atomic E-state index is 0.00310. The minimum Gasteiger partial charge on any atom is -0.508 e. The third-order valence-corrected chi connectivity index (χ3v) is 5.65. The van der Waals surface area contributed by atoms with Crippen molar-refractivity contribution in [2.75, 3.05) is 4.90 Å². The lowest BCUT2D eigenvalue weighted by molar-refractivity contribution is -0.117. The van der Waals surface area contributed by atoms with E-state index in [4.69, 9.17) is 0 Å². The highest BCUT2D eigenvalue weighted by Crippen LogP contribution is 2.43. The number of aromatic hydroxyl groups is 1. The maximum Gasteiger partial charge on any atom is 0.296 e. The van der Waals surface area contributed by atoms with Gasteiger partial charge in [-0.3, -0.25) is 14.5 Å². The maximum absolute atomic E-state index is 13.0. The Bertz CT molecular complexity index is 1010. The van der Waals surface area contributed by atoms with Gasteiger partial charge in [0.05, 0.1) is 16.5 Å². The van der Waals surface area contributed by atoms with E-state index in [9.17, 15) is 19.8 Å². The van der Waals surface area contributed by atoms with Crippen LogP contribution in [-0.2, 0) is 4.79 Å². The summed E-state index contributed by atoms with van der Waals surface area (Å²) in [6, 6.07) is 8.79. The van der Waals surface area contributed by atoms with Crippen LogP contribution < -0.4 is 4.90 Å². The van der Waals surface area contributed by atoms with E-state index < -0.39 is 23.5 Å². The Morgan fingerprint density at radius 3 is 2.62 bits per heavy atom. The van der Waals surface area contributed by atoms with E-state index in [1.807, 2.05) is 0 Å². The molecule has 2 N–H and O–H groups in total. The van der Waals surface area contributed by atoms with Crippen molar-refractivity contribution < 1.29 is 19.8 Å². The van der Waals surface area contributed by atoms with Gasteiger partial charge in [0.15, 0.2) is 10.9 Å². The SMILES string of the molecule is O=C(C1=C(O)C(=O)N(c2nccs2)C1c1cccc(O)c1)c1cccs1. The average Bonchev–Trinajstić information content (AvgIpc) is 3.37. The number of Topliss-reactive ketones (excluding diaryl/α,β-unsaturated/α-hetero) is 1. The molecule has 1 aromatic carbocycles. The Morgan fingerprint density at radius 2 is 1.96 bits per heavy atom. The van der Waals surface area contributed by atoms with Crippen LogP contribution in [-0.4, -0.2) is 26.9 Å². The first-order chi connectivity index (χ1) is 12.6. The molecule has 6 nitrogen and oxygen atoms in total. The van der Waals surface area contributed by atoms with Gasteiger partial charge in [0.1, 0.15) is 5.75 Å². The lowest BCUT2D eigenvalue weighted by atomic mass is 9.95. The van der Waals surface area contributed by atoms with Gasteiger partial charge in [0.25, 0.3) is 5.91 Å². The molecule has 1 unspecified atom stereocenters. The molecule has 1 atom stereocenters. The number of hydrogen-bond donors (Lipinski definition) is 2. The number of phenolic OH excluding ortho intramolecular Hbond substituents is 1. The summed E-state index contributed by atoms with van der Waals surface area (Å²) in [5, 5.41) is 24.2. The fourth-order valence-electron chi connectivity index (χ4n) is 2.92. The number of nitrogens with zero attached hydrogens (tertiary/aromatic N) is 2. The summed E-state index contributed by atoms with van der Waals surface area (Å²) in [5.74, 6) is -1.69. The molecule has 0 spiro atoms. The van der Waals surface area contributed by atoms with Gasteiger partial charge in [-0.2, -0.15) is 0 Å². The maximum atomic E-state index is 13.0. The quantitative estimate of drug-likeness (QED) is 0.670. The van der Waals surface area contributed by atoms with Gasteiger partial charge in [-0.05, 0) is 29.1 Å². The van der Waals surface area contributed by atoms with Gasteiger partial charge < -0.3 is 10.2 Å². The van der Waals surface area contributed by atoms with Crippen LogP contribution in [0.25, 0.3) is 0 Å². The van der Waals surface area contributed by atoms with Gasteiger partial charge in [0.2, 0.25) is 5.78 Å². The lowest BCUT2D eigenvalue weighted by Crippen LogP contribution is -2.30. The number of benzene rings is 1. The topological polar surface area (TPSA) is 90.7 Å². The van der Waals surface area contributed by atoms with Crippen molar-refractivity contribution in [2.24, 2.45) is 0 Å². The molecule has 3 heterocycles. The van der Waals surface area contributed by atoms with Crippen LogP contribution in [0.3, 0.4) is 0 Å². The van der Waals surface area contributed by atoms with E-state index in [-0.39, 0.29) is 11.3 Å². The molecule has 0 saturated carbocycles. The molecular weight excluding hydrogens is 372 g/mol. The molecule has 0 bridgehead atoms. The summed E-state index contributed by atoms with van der Waals surface area (Å²) in [5.41, 5.74) is 0.496. The van der Waals surface area contributed by atoms with Crippen molar-refractivity contribution in [2.45, 2.75) is 6.04 Å². The first kappa shape index (κ1) is 16.5. The molecule has 1 aliphatic rings. The van der Waals surface area contributed by atoms with Crippen LogP contribution in [0.15, 0.2) is 64.7 Å². The first-order valence-corrected chi connectivity index (χ1v) is 9.37. The number of anilines is 1. The lowest BCUT2D eigenvalue weighted by Gasteiger charge is -2.24. The molecule has 3 aromatic rings. The molecular formula is C18H12N2O4S2. The van der Waals surface area contributed by atoms with Crippen LogP contribution in [0.5, 0.6) is 5.75 Å². The number of phenols is 1. The molecule has 1 aliphatic heterocycles. The molecule has 26 heavy (non-hydrogen) atoms. The van der Waals surface area contributed by atoms with Crippen molar-refractivity contribution in [3.8, 4) is 5.75 Å². The van der Waals surface area contributed by atoms with Crippen LogP contribution in [0.4, 0.5) is 5.13 Å². The molecule has 0 radical (unpaired) electrons. The average molecular weight is 384 g/mol. The van der Waals surface area contributed by atoms with Crippen molar-refractivity contribution in [3.05, 3.63) is 75.1 Å². The number of carbonyl (C=O) groups excluding carboxylic acids is 2. The molecule has 1 amide bonds. The third kappa shape index (κ3) is 2.59. The number of ketones is 1. The monoisotopic (exact) mass is 384 g/mol. The zero-order chi connectivity index (χ0) is 18.3. The highest BCUT2D eigenvalue weighted by atomic mass is 32.1. The Balaban J connectivity index is 1.89. The van der Waals surface area contributed by atoms with E-state index in [1.165, 1.54) is 39.7 Å². The summed E-state index contributed by atoms with van der Waals surface area (Å²) in [6.45, 7) is 0. The molecule has 0 aliphatic carbocycles. The number of aliphatic hydroxyl groups excluding tert-OH is 1. The molecule has 4 rings (SSSR count). The summed E-state index contributed by atoms with van der Waals surface area (Å²) >= 11 is 2.46. The van der Waals surface area contributed by atoms with Gasteiger partial charge >= 0.3 is 0 Å². The summed E-state index contributed by atoms with van der Waals surface area (Å²) < 4.78 is 0. The van der Waals surface area contributed by atoms with E-state index in [0.29, 0.717) is 15.6 Å². The van der Waals surface area contributed by atoms with E-state index in [2.05, 4.69) is 4.98 Å². The van der Waals surface area contributed by atoms with Gasteiger partial charge in [-0.15, -0.1) is 22.7 Å². The molecule has 130 valence electrons. The highest BCUT2D eigenvalue weighted by Gasteiger charge is 2.45. The van der Waals surface area contributed by atoms with Gasteiger partial charge in [-0.25, -0.2) is 4.98 Å². The van der Waals surface area contributed by atoms with E-state index in [1.54, 1.807) is 41.2 Å². The number of thiazole rings is 1. The number of aliphatic hydroxyl groups is 1. The number of thiophene rings is 1. The number of rotatable bonds is 4. The Labute approximate surface area is 156 Å². The van der Waals surface area contributed by atoms with Crippen LogP contribution >= 0.6 is 22.7 Å². The normalized spacial score (nSPS) is 17.2. The predicted octanol–water partition coefficient (Wildman–Crippen LogP) is 3.69. The molecule has 0 saturated heterocycles. The van der Waals surface area contributed by atoms with Crippen molar-refractivity contribution in [3.63, 3.8) is 0 Å². The number of amides is 1. The third-order valence-electron chi connectivity index (χ3n) is 4.01. The minimum atomic E-state index is -0.865. The second-order valence-electron chi connectivity index (χ2n) is 5.56. The van der Waals surface area contributed by atoms with Crippen LogP contribution in [0, 0.1) is 0 Å². The standard InChI is InChI=1S/C18H12N2O4S2/c21-11-4-1-3-10(9-11)14-13(15(22)12-5-2-7-25-12)16(23)17(24)20(14)18-19-6-8-26-18/h1-9,14,21,23H. The van der Waals surface area contributed by atoms with Crippen molar-refractivity contribution in [1.29, 1.82) is 0 Å². The largest absolute Gasteiger partial charge is 0.508 e. The predicted molar refractivity (Wildman–Crippen MR) is 98.8 cm³/mol. The van der Waals surface area contributed by atoms with Crippen molar-refractivity contribution >= 4 is 39.5 Å². The summed E-state index contributed by atoms with van der Waals surface area (Å²) in [6.07, 6.45) is 1.54. The number of hydrogen-bond acceptors (Lipinski definition) is 7. The molecule has 2 aromatic heterocycles.